The lowest BCUT2D eigenvalue weighted by atomic mass is 10.1. The summed E-state index contributed by atoms with van der Waals surface area (Å²) in [5.74, 6) is 0. The number of rotatable bonds is 3. The summed E-state index contributed by atoms with van der Waals surface area (Å²) in [5.41, 5.74) is 1.07. The van der Waals surface area contributed by atoms with E-state index in [-0.39, 0.29) is 4.90 Å². The standard InChI is InChI=1S/C16H14N2O2S/c17-11-14-6-3-7-16(14)18-21(19,20)15-9-8-12-4-1-2-5-13(12)10-15/h1-2,4-5,8-10,18H,3,6-7H2. The first-order chi connectivity index (χ1) is 10.1. The van der Waals surface area contributed by atoms with Gasteiger partial charge in [0.25, 0.3) is 10.0 Å². The Kier molecular flexibility index (Phi) is 3.40. The van der Waals surface area contributed by atoms with E-state index in [2.05, 4.69) is 10.8 Å². The third-order valence-corrected chi connectivity index (χ3v) is 5.03. The second-order valence-corrected chi connectivity index (χ2v) is 6.72. The van der Waals surface area contributed by atoms with E-state index in [9.17, 15) is 8.42 Å². The Morgan fingerprint density at radius 2 is 1.81 bits per heavy atom. The normalized spacial score (nSPS) is 15.2. The van der Waals surface area contributed by atoms with Crippen LogP contribution in [0.25, 0.3) is 10.8 Å². The Labute approximate surface area is 123 Å². The van der Waals surface area contributed by atoms with Gasteiger partial charge in [0.2, 0.25) is 0 Å². The van der Waals surface area contributed by atoms with Crippen molar-refractivity contribution in [2.45, 2.75) is 24.2 Å². The molecule has 0 heterocycles. The molecule has 3 rings (SSSR count). The van der Waals surface area contributed by atoms with E-state index in [1.165, 1.54) is 0 Å². The Hall–Kier alpha value is -2.32. The molecule has 1 aliphatic carbocycles. The summed E-state index contributed by atoms with van der Waals surface area (Å²) < 4.78 is 27.4. The third kappa shape index (κ3) is 2.63. The highest BCUT2D eigenvalue weighted by Crippen LogP contribution is 2.26. The predicted octanol–water partition coefficient (Wildman–Crippen LogP) is 3.08. The molecule has 21 heavy (non-hydrogen) atoms. The van der Waals surface area contributed by atoms with Gasteiger partial charge in [0.05, 0.1) is 11.0 Å². The molecule has 0 radical (unpaired) electrons. The van der Waals surface area contributed by atoms with Gasteiger partial charge >= 0.3 is 0 Å². The van der Waals surface area contributed by atoms with Crippen LogP contribution < -0.4 is 4.72 Å². The number of nitriles is 1. The summed E-state index contributed by atoms with van der Waals surface area (Å²) in [4.78, 5) is 0.220. The van der Waals surface area contributed by atoms with Crippen molar-refractivity contribution in [3.05, 3.63) is 53.7 Å². The number of nitrogens with one attached hydrogen (secondary N) is 1. The number of sulfonamides is 1. The fraction of sp³-hybridized carbons (Fsp3) is 0.188. The number of allylic oxidation sites excluding steroid dienone is 2. The number of fused-ring (bicyclic) bond motifs is 1. The molecule has 4 nitrogen and oxygen atoms in total. The number of benzene rings is 2. The molecule has 2 aromatic rings. The van der Waals surface area contributed by atoms with Crippen molar-refractivity contribution >= 4 is 20.8 Å². The minimum Gasteiger partial charge on any atom is -0.282 e. The fourth-order valence-electron chi connectivity index (χ4n) is 2.54. The molecule has 0 aromatic heterocycles. The van der Waals surface area contributed by atoms with Crippen LogP contribution in [0.2, 0.25) is 0 Å². The molecule has 106 valence electrons. The second kappa shape index (κ2) is 5.23. The van der Waals surface area contributed by atoms with Crippen LogP contribution in [0.15, 0.2) is 58.6 Å². The van der Waals surface area contributed by atoms with Gasteiger partial charge in [0.15, 0.2) is 0 Å². The fourth-order valence-corrected chi connectivity index (χ4v) is 3.73. The van der Waals surface area contributed by atoms with E-state index in [4.69, 9.17) is 5.26 Å². The Morgan fingerprint density at radius 1 is 1.05 bits per heavy atom. The highest BCUT2D eigenvalue weighted by Gasteiger charge is 2.21. The molecule has 0 fully saturated rings. The van der Waals surface area contributed by atoms with E-state index in [0.717, 1.165) is 17.2 Å². The third-order valence-electron chi connectivity index (χ3n) is 3.64. The van der Waals surface area contributed by atoms with Crippen LogP contribution in [0.5, 0.6) is 0 Å². The van der Waals surface area contributed by atoms with Crippen molar-refractivity contribution in [2.24, 2.45) is 0 Å². The molecule has 0 saturated heterocycles. The average Bonchev–Trinajstić information content (AvgIpc) is 2.93. The smallest absolute Gasteiger partial charge is 0.261 e. The van der Waals surface area contributed by atoms with Gasteiger partial charge in [0.1, 0.15) is 0 Å². The van der Waals surface area contributed by atoms with Gasteiger partial charge in [-0.3, -0.25) is 4.72 Å². The van der Waals surface area contributed by atoms with Crippen LogP contribution in [0.1, 0.15) is 19.3 Å². The van der Waals surface area contributed by atoms with Gasteiger partial charge in [-0.2, -0.15) is 5.26 Å². The molecular formula is C16H14N2O2S. The van der Waals surface area contributed by atoms with E-state index < -0.39 is 10.0 Å². The molecule has 0 unspecified atom stereocenters. The molecule has 5 heteroatoms. The maximum absolute atomic E-state index is 12.4. The lowest BCUT2D eigenvalue weighted by Crippen LogP contribution is -2.23. The molecule has 2 aromatic carbocycles. The Balaban J connectivity index is 1.99. The maximum atomic E-state index is 12.4. The largest absolute Gasteiger partial charge is 0.282 e. The molecule has 0 amide bonds. The summed E-state index contributed by atoms with van der Waals surface area (Å²) in [6.45, 7) is 0. The van der Waals surface area contributed by atoms with Crippen LogP contribution in [-0.4, -0.2) is 8.42 Å². The minimum atomic E-state index is -3.64. The van der Waals surface area contributed by atoms with Crippen molar-refractivity contribution < 1.29 is 8.42 Å². The van der Waals surface area contributed by atoms with Crippen LogP contribution in [-0.2, 0) is 10.0 Å². The lowest BCUT2D eigenvalue weighted by Gasteiger charge is -2.10. The van der Waals surface area contributed by atoms with Gasteiger partial charge in [-0.25, -0.2) is 8.42 Å². The average molecular weight is 298 g/mol. The number of nitrogens with zero attached hydrogens (tertiary/aromatic N) is 1. The van der Waals surface area contributed by atoms with E-state index in [1.807, 2.05) is 24.3 Å². The molecular weight excluding hydrogens is 284 g/mol. The highest BCUT2D eigenvalue weighted by atomic mass is 32.2. The maximum Gasteiger partial charge on any atom is 0.261 e. The summed E-state index contributed by atoms with van der Waals surface area (Å²) in [7, 11) is -3.64. The van der Waals surface area contributed by atoms with Gasteiger partial charge < -0.3 is 0 Å². The monoisotopic (exact) mass is 298 g/mol. The van der Waals surface area contributed by atoms with Crippen molar-refractivity contribution in [2.75, 3.05) is 0 Å². The molecule has 0 spiro atoms. The topological polar surface area (TPSA) is 70.0 Å². The minimum absolute atomic E-state index is 0.220. The first-order valence-corrected chi connectivity index (χ1v) is 8.22. The van der Waals surface area contributed by atoms with E-state index in [1.54, 1.807) is 18.2 Å². The van der Waals surface area contributed by atoms with Crippen LogP contribution in [0.4, 0.5) is 0 Å². The van der Waals surface area contributed by atoms with Gasteiger partial charge in [0, 0.05) is 11.3 Å². The molecule has 0 aliphatic heterocycles. The van der Waals surface area contributed by atoms with Crippen LogP contribution >= 0.6 is 0 Å². The quantitative estimate of drug-likeness (QED) is 0.946. The van der Waals surface area contributed by atoms with Crippen molar-refractivity contribution in [1.82, 2.24) is 4.72 Å². The molecule has 0 bridgehead atoms. The zero-order chi connectivity index (χ0) is 14.9. The summed E-state index contributed by atoms with van der Waals surface area (Å²) >= 11 is 0. The van der Waals surface area contributed by atoms with Crippen molar-refractivity contribution in [3.63, 3.8) is 0 Å². The molecule has 1 N–H and O–H groups in total. The van der Waals surface area contributed by atoms with Crippen molar-refractivity contribution in [3.8, 4) is 6.07 Å². The first kappa shape index (κ1) is 13.7. The van der Waals surface area contributed by atoms with Crippen LogP contribution in [0.3, 0.4) is 0 Å². The van der Waals surface area contributed by atoms with Gasteiger partial charge in [-0.15, -0.1) is 0 Å². The Morgan fingerprint density at radius 3 is 2.57 bits per heavy atom. The second-order valence-electron chi connectivity index (χ2n) is 5.04. The van der Waals surface area contributed by atoms with Crippen molar-refractivity contribution in [1.29, 1.82) is 5.26 Å². The SMILES string of the molecule is N#CC1=C(NS(=O)(=O)c2ccc3ccccc3c2)CCC1. The highest BCUT2D eigenvalue weighted by molar-refractivity contribution is 7.89. The lowest BCUT2D eigenvalue weighted by molar-refractivity contribution is 0.587. The zero-order valence-corrected chi connectivity index (χ0v) is 12.2. The van der Waals surface area contributed by atoms with E-state index >= 15 is 0 Å². The summed E-state index contributed by atoms with van der Waals surface area (Å²) in [6.07, 6.45) is 2.07. The molecule has 0 atom stereocenters. The molecule has 0 saturated carbocycles. The first-order valence-electron chi connectivity index (χ1n) is 6.74. The zero-order valence-electron chi connectivity index (χ0n) is 11.3. The summed E-state index contributed by atoms with van der Waals surface area (Å²) in [5, 5.41) is 10.9. The Bertz CT molecular complexity index is 877. The predicted molar refractivity (Wildman–Crippen MR) is 80.8 cm³/mol. The van der Waals surface area contributed by atoms with Crippen LogP contribution in [0, 0.1) is 11.3 Å². The number of hydrogen-bond donors (Lipinski definition) is 1. The van der Waals surface area contributed by atoms with Gasteiger partial charge in [-0.05, 0) is 42.2 Å². The summed E-state index contributed by atoms with van der Waals surface area (Å²) in [6, 6.07) is 14.7. The van der Waals surface area contributed by atoms with Gasteiger partial charge in [-0.1, -0.05) is 30.3 Å². The molecule has 1 aliphatic rings. The number of hydrogen-bond acceptors (Lipinski definition) is 3. The van der Waals surface area contributed by atoms with E-state index in [0.29, 0.717) is 24.1 Å².